The number of Topliss-reactive ketones (excluding diaryl/α,β-unsaturated/α-hetero) is 1. The lowest BCUT2D eigenvalue weighted by Crippen LogP contribution is -2.37. The lowest BCUT2D eigenvalue weighted by atomic mass is 10.0. The second-order valence-corrected chi connectivity index (χ2v) is 6.00. The molecule has 2 nitrogen and oxygen atoms in total. The monoisotopic (exact) mass is 259 g/mol. The van der Waals surface area contributed by atoms with Crippen LogP contribution in [0.5, 0.6) is 0 Å². The zero-order valence-electron chi connectivity index (χ0n) is 12.5. The first-order chi connectivity index (χ1) is 9.02. The second-order valence-electron chi connectivity index (χ2n) is 6.00. The number of ketones is 1. The van der Waals surface area contributed by atoms with Crippen molar-refractivity contribution < 1.29 is 4.79 Å². The van der Waals surface area contributed by atoms with Crippen LogP contribution in [0.1, 0.15) is 43.1 Å². The molecular formula is C17H25NO. The summed E-state index contributed by atoms with van der Waals surface area (Å²) < 4.78 is 0. The van der Waals surface area contributed by atoms with Gasteiger partial charge in [0.2, 0.25) is 0 Å². The summed E-state index contributed by atoms with van der Waals surface area (Å²) in [5.41, 5.74) is 2.12. The highest BCUT2D eigenvalue weighted by molar-refractivity contribution is 5.99. The number of aryl methyl sites for hydroxylation is 1. The Kier molecular flexibility index (Phi) is 4.41. The molecule has 3 unspecified atom stereocenters. The van der Waals surface area contributed by atoms with E-state index < -0.39 is 0 Å². The standard InChI is InChI=1S/C17H25NO/c1-5-14-6-8-15(9-7-14)17(19)13(3)18(4)11-16-10-12(16)2/h6-9,12-13,16H,5,10-11H2,1-4H3. The molecule has 2 rings (SSSR count). The van der Waals surface area contributed by atoms with E-state index in [0.717, 1.165) is 30.4 Å². The van der Waals surface area contributed by atoms with E-state index in [1.807, 2.05) is 19.1 Å². The third-order valence-electron chi connectivity index (χ3n) is 4.49. The van der Waals surface area contributed by atoms with Gasteiger partial charge in [-0.3, -0.25) is 9.69 Å². The summed E-state index contributed by atoms with van der Waals surface area (Å²) in [4.78, 5) is 14.6. The van der Waals surface area contributed by atoms with E-state index in [1.165, 1.54) is 12.0 Å². The highest BCUT2D eigenvalue weighted by Gasteiger charge is 2.34. The van der Waals surface area contributed by atoms with Gasteiger partial charge in [0.25, 0.3) is 0 Å². The fraction of sp³-hybridized carbons (Fsp3) is 0.588. The van der Waals surface area contributed by atoms with Crippen molar-refractivity contribution in [2.75, 3.05) is 13.6 Å². The van der Waals surface area contributed by atoms with Gasteiger partial charge in [0.05, 0.1) is 6.04 Å². The average Bonchev–Trinajstić information content (AvgIpc) is 3.12. The van der Waals surface area contributed by atoms with Gasteiger partial charge in [-0.1, -0.05) is 38.1 Å². The van der Waals surface area contributed by atoms with Crippen LogP contribution < -0.4 is 0 Å². The van der Waals surface area contributed by atoms with Crippen molar-refractivity contribution in [3.63, 3.8) is 0 Å². The molecule has 0 aromatic heterocycles. The van der Waals surface area contributed by atoms with Crippen LogP contribution in [-0.2, 0) is 6.42 Å². The largest absolute Gasteiger partial charge is 0.296 e. The van der Waals surface area contributed by atoms with Gasteiger partial charge in [-0.25, -0.2) is 0 Å². The Morgan fingerprint density at radius 3 is 2.42 bits per heavy atom. The first kappa shape index (κ1) is 14.3. The van der Waals surface area contributed by atoms with E-state index in [0.29, 0.717) is 0 Å². The number of hydrogen-bond acceptors (Lipinski definition) is 2. The molecule has 1 fully saturated rings. The summed E-state index contributed by atoms with van der Waals surface area (Å²) in [5.74, 6) is 1.87. The van der Waals surface area contributed by atoms with Crippen LogP contribution in [0.3, 0.4) is 0 Å². The van der Waals surface area contributed by atoms with Crippen molar-refractivity contribution in [2.24, 2.45) is 11.8 Å². The van der Waals surface area contributed by atoms with Crippen molar-refractivity contribution in [3.05, 3.63) is 35.4 Å². The zero-order chi connectivity index (χ0) is 14.0. The normalized spacial score (nSPS) is 23.4. The van der Waals surface area contributed by atoms with Crippen LogP contribution in [0, 0.1) is 11.8 Å². The van der Waals surface area contributed by atoms with Crippen LogP contribution in [0.4, 0.5) is 0 Å². The molecule has 1 saturated carbocycles. The predicted molar refractivity (Wildman–Crippen MR) is 79.5 cm³/mol. The van der Waals surface area contributed by atoms with Gasteiger partial charge < -0.3 is 0 Å². The molecule has 104 valence electrons. The molecule has 0 aliphatic heterocycles. The Morgan fingerprint density at radius 2 is 1.95 bits per heavy atom. The first-order valence-corrected chi connectivity index (χ1v) is 7.36. The molecule has 0 bridgehead atoms. The Bertz CT molecular complexity index is 437. The molecule has 0 heterocycles. The molecule has 0 N–H and O–H groups in total. The van der Waals surface area contributed by atoms with Gasteiger partial charge in [-0.2, -0.15) is 0 Å². The third-order valence-corrected chi connectivity index (χ3v) is 4.49. The molecule has 0 amide bonds. The summed E-state index contributed by atoms with van der Waals surface area (Å²) >= 11 is 0. The van der Waals surface area contributed by atoms with Crippen molar-refractivity contribution in [3.8, 4) is 0 Å². The Hall–Kier alpha value is -1.15. The van der Waals surface area contributed by atoms with Gasteiger partial charge in [-0.05, 0) is 44.2 Å². The number of hydrogen-bond donors (Lipinski definition) is 0. The Labute approximate surface area is 116 Å². The molecule has 1 aromatic carbocycles. The predicted octanol–water partition coefficient (Wildman–Crippen LogP) is 3.41. The number of benzene rings is 1. The fourth-order valence-electron chi connectivity index (χ4n) is 2.53. The number of likely N-dealkylation sites (N-methyl/N-ethyl adjacent to an activating group) is 1. The minimum atomic E-state index is -0.0275. The number of carbonyl (C=O) groups excluding carboxylic acids is 1. The molecule has 1 aliphatic rings. The van der Waals surface area contributed by atoms with E-state index in [-0.39, 0.29) is 11.8 Å². The van der Waals surface area contributed by atoms with Crippen molar-refractivity contribution in [1.29, 1.82) is 0 Å². The van der Waals surface area contributed by atoms with Gasteiger partial charge in [0.15, 0.2) is 5.78 Å². The van der Waals surface area contributed by atoms with Crippen LogP contribution in [0.15, 0.2) is 24.3 Å². The minimum Gasteiger partial charge on any atom is -0.296 e. The van der Waals surface area contributed by atoms with Gasteiger partial charge in [0, 0.05) is 12.1 Å². The summed E-state index contributed by atoms with van der Waals surface area (Å²) in [7, 11) is 2.06. The molecule has 0 radical (unpaired) electrons. The number of carbonyl (C=O) groups is 1. The smallest absolute Gasteiger partial charge is 0.179 e. The maximum Gasteiger partial charge on any atom is 0.179 e. The number of rotatable bonds is 6. The van der Waals surface area contributed by atoms with E-state index in [2.05, 4.69) is 37.9 Å². The van der Waals surface area contributed by atoms with Crippen LogP contribution in [0.25, 0.3) is 0 Å². The minimum absolute atomic E-state index is 0.0275. The first-order valence-electron chi connectivity index (χ1n) is 7.36. The van der Waals surface area contributed by atoms with Crippen LogP contribution >= 0.6 is 0 Å². The van der Waals surface area contributed by atoms with E-state index in [9.17, 15) is 4.79 Å². The maximum absolute atomic E-state index is 12.4. The highest BCUT2D eigenvalue weighted by Crippen LogP contribution is 2.38. The SMILES string of the molecule is CCc1ccc(C(=O)C(C)N(C)CC2CC2C)cc1. The molecule has 19 heavy (non-hydrogen) atoms. The van der Waals surface area contributed by atoms with E-state index in [1.54, 1.807) is 0 Å². The van der Waals surface area contributed by atoms with Gasteiger partial charge >= 0.3 is 0 Å². The van der Waals surface area contributed by atoms with Crippen molar-refractivity contribution >= 4 is 5.78 Å². The quantitative estimate of drug-likeness (QED) is 0.730. The van der Waals surface area contributed by atoms with Crippen LogP contribution in [0.2, 0.25) is 0 Å². The molecule has 1 aromatic rings. The van der Waals surface area contributed by atoms with E-state index >= 15 is 0 Å². The molecule has 2 heteroatoms. The third kappa shape index (κ3) is 3.44. The lowest BCUT2D eigenvalue weighted by Gasteiger charge is -2.23. The molecule has 1 aliphatic carbocycles. The second kappa shape index (κ2) is 5.87. The van der Waals surface area contributed by atoms with Crippen molar-refractivity contribution in [2.45, 2.75) is 39.7 Å². The highest BCUT2D eigenvalue weighted by atomic mass is 16.1. The number of nitrogens with zero attached hydrogens (tertiary/aromatic N) is 1. The Balaban J connectivity index is 1.96. The van der Waals surface area contributed by atoms with Gasteiger partial charge in [-0.15, -0.1) is 0 Å². The van der Waals surface area contributed by atoms with Gasteiger partial charge in [0.1, 0.15) is 0 Å². The average molecular weight is 259 g/mol. The Morgan fingerprint density at radius 1 is 1.37 bits per heavy atom. The summed E-state index contributed by atoms with van der Waals surface area (Å²) in [6, 6.07) is 8.02. The molecule has 0 spiro atoms. The molecular weight excluding hydrogens is 234 g/mol. The fourth-order valence-corrected chi connectivity index (χ4v) is 2.53. The zero-order valence-corrected chi connectivity index (χ0v) is 12.5. The van der Waals surface area contributed by atoms with Crippen LogP contribution in [-0.4, -0.2) is 30.3 Å². The summed E-state index contributed by atoms with van der Waals surface area (Å²) in [6.07, 6.45) is 2.33. The lowest BCUT2D eigenvalue weighted by molar-refractivity contribution is 0.0863. The van der Waals surface area contributed by atoms with Crippen molar-refractivity contribution in [1.82, 2.24) is 4.90 Å². The molecule has 3 atom stereocenters. The molecule has 0 saturated heterocycles. The summed E-state index contributed by atoms with van der Waals surface area (Å²) in [5, 5.41) is 0. The maximum atomic E-state index is 12.4. The topological polar surface area (TPSA) is 20.3 Å². The van der Waals surface area contributed by atoms with E-state index in [4.69, 9.17) is 0 Å². The summed E-state index contributed by atoms with van der Waals surface area (Å²) in [6.45, 7) is 7.47.